The van der Waals surface area contributed by atoms with Crippen molar-refractivity contribution in [2.45, 2.75) is 51.1 Å². The Balaban J connectivity index is 1.76. The molecule has 1 aromatic carbocycles. The van der Waals surface area contributed by atoms with Crippen LogP contribution in [-0.2, 0) is 6.54 Å². The summed E-state index contributed by atoms with van der Waals surface area (Å²) in [5.41, 5.74) is 1.34. The van der Waals surface area contributed by atoms with Gasteiger partial charge in [0.05, 0.1) is 11.5 Å². The summed E-state index contributed by atoms with van der Waals surface area (Å²) < 4.78 is 0. The first kappa shape index (κ1) is 12.7. The fourth-order valence-electron chi connectivity index (χ4n) is 3.70. The molecule has 1 heterocycles. The zero-order valence-electron chi connectivity index (χ0n) is 11.5. The van der Waals surface area contributed by atoms with Crippen molar-refractivity contribution in [3.8, 4) is 6.07 Å². The Morgan fingerprint density at radius 3 is 2.58 bits per heavy atom. The molecular weight excluding hydrogens is 232 g/mol. The summed E-state index contributed by atoms with van der Waals surface area (Å²) >= 11 is 0. The van der Waals surface area contributed by atoms with Crippen molar-refractivity contribution in [2.75, 3.05) is 6.54 Å². The van der Waals surface area contributed by atoms with Gasteiger partial charge < -0.3 is 0 Å². The zero-order valence-corrected chi connectivity index (χ0v) is 11.5. The quantitative estimate of drug-likeness (QED) is 0.821. The molecule has 19 heavy (non-hydrogen) atoms. The first-order valence-corrected chi connectivity index (χ1v) is 7.53. The molecule has 2 aliphatic rings. The minimum absolute atomic E-state index is 0.0325. The largest absolute Gasteiger partial charge is 0.295 e. The highest BCUT2D eigenvalue weighted by Gasteiger charge is 2.47. The number of hydrogen-bond donors (Lipinski definition) is 0. The van der Waals surface area contributed by atoms with Gasteiger partial charge in [0.15, 0.2) is 0 Å². The molecule has 0 aromatic heterocycles. The SMILES string of the molecule is N#CC1(C2CCCCN2Cc2ccccc2)CCC1. The van der Waals surface area contributed by atoms with Gasteiger partial charge in [0.1, 0.15) is 0 Å². The lowest BCUT2D eigenvalue weighted by Crippen LogP contribution is -2.52. The van der Waals surface area contributed by atoms with Gasteiger partial charge in [-0.2, -0.15) is 5.26 Å². The van der Waals surface area contributed by atoms with Crippen LogP contribution < -0.4 is 0 Å². The Kier molecular flexibility index (Phi) is 3.57. The number of rotatable bonds is 3. The van der Waals surface area contributed by atoms with Gasteiger partial charge in [0.25, 0.3) is 0 Å². The van der Waals surface area contributed by atoms with Crippen LogP contribution in [0.3, 0.4) is 0 Å². The highest BCUT2D eigenvalue weighted by Crippen LogP contribution is 2.48. The summed E-state index contributed by atoms with van der Waals surface area (Å²) in [6.45, 7) is 2.16. The van der Waals surface area contributed by atoms with E-state index in [1.807, 2.05) is 0 Å². The van der Waals surface area contributed by atoms with Crippen molar-refractivity contribution < 1.29 is 0 Å². The van der Waals surface area contributed by atoms with E-state index in [1.165, 1.54) is 31.2 Å². The highest BCUT2D eigenvalue weighted by atomic mass is 15.2. The minimum atomic E-state index is -0.0325. The molecule has 1 unspecified atom stereocenters. The van der Waals surface area contributed by atoms with Crippen LogP contribution in [-0.4, -0.2) is 17.5 Å². The molecule has 1 saturated carbocycles. The van der Waals surface area contributed by atoms with Gasteiger partial charge in [-0.3, -0.25) is 4.90 Å². The van der Waals surface area contributed by atoms with Crippen molar-refractivity contribution in [1.82, 2.24) is 4.90 Å². The molecule has 1 aliphatic heterocycles. The highest BCUT2D eigenvalue weighted by molar-refractivity contribution is 5.17. The van der Waals surface area contributed by atoms with Crippen molar-refractivity contribution in [3.05, 3.63) is 35.9 Å². The summed E-state index contributed by atoms with van der Waals surface area (Å²) in [4.78, 5) is 2.57. The normalized spacial score (nSPS) is 26.4. The molecule has 3 rings (SSSR count). The predicted molar refractivity (Wildman–Crippen MR) is 76.4 cm³/mol. The van der Waals surface area contributed by atoms with Crippen LogP contribution in [0.5, 0.6) is 0 Å². The summed E-state index contributed by atoms with van der Waals surface area (Å²) in [5.74, 6) is 0. The van der Waals surface area contributed by atoms with Crippen LogP contribution in [0.25, 0.3) is 0 Å². The number of nitriles is 1. The Morgan fingerprint density at radius 2 is 1.95 bits per heavy atom. The van der Waals surface area contributed by atoms with E-state index in [4.69, 9.17) is 0 Å². The first-order valence-electron chi connectivity index (χ1n) is 7.53. The maximum Gasteiger partial charge on any atom is 0.0729 e. The van der Waals surface area contributed by atoms with Gasteiger partial charge >= 0.3 is 0 Å². The van der Waals surface area contributed by atoms with Gasteiger partial charge in [-0.15, -0.1) is 0 Å². The molecular formula is C17H22N2. The van der Waals surface area contributed by atoms with E-state index in [0.717, 1.165) is 25.9 Å². The molecule has 1 saturated heterocycles. The van der Waals surface area contributed by atoms with E-state index < -0.39 is 0 Å². The van der Waals surface area contributed by atoms with Crippen molar-refractivity contribution in [3.63, 3.8) is 0 Å². The average molecular weight is 254 g/mol. The molecule has 0 amide bonds. The third kappa shape index (κ3) is 2.40. The summed E-state index contributed by atoms with van der Waals surface area (Å²) in [7, 11) is 0. The Labute approximate surface area is 116 Å². The lowest BCUT2D eigenvalue weighted by molar-refractivity contribution is 0.0126. The van der Waals surface area contributed by atoms with Gasteiger partial charge in [0.2, 0.25) is 0 Å². The topological polar surface area (TPSA) is 27.0 Å². The summed E-state index contributed by atoms with van der Waals surface area (Å²) in [5, 5.41) is 9.60. The maximum atomic E-state index is 9.60. The molecule has 2 fully saturated rings. The summed E-state index contributed by atoms with van der Waals surface area (Å²) in [6, 6.07) is 13.8. The van der Waals surface area contributed by atoms with Crippen LogP contribution in [0.15, 0.2) is 30.3 Å². The third-order valence-corrected chi connectivity index (χ3v) is 4.95. The third-order valence-electron chi connectivity index (χ3n) is 4.95. The molecule has 2 heteroatoms. The first-order chi connectivity index (χ1) is 9.34. The van der Waals surface area contributed by atoms with E-state index in [-0.39, 0.29) is 5.41 Å². The molecule has 1 aliphatic carbocycles. The molecule has 0 radical (unpaired) electrons. The number of benzene rings is 1. The standard InChI is InChI=1S/C17H22N2/c18-14-17(10-6-11-17)16-9-4-5-12-19(16)13-15-7-2-1-3-8-15/h1-3,7-8,16H,4-6,9-13H2. The van der Waals surface area contributed by atoms with E-state index in [9.17, 15) is 5.26 Å². The van der Waals surface area contributed by atoms with Gasteiger partial charge in [-0.1, -0.05) is 43.2 Å². The van der Waals surface area contributed by atoms with Crippen molar-refractivity contribution in [2.24, 2.45) is 5.41 Å². The fourth-order valence-corrected chi connectivity index (χ4v) is 3.70. The van der Waals surface area contributed by atoms with Gasteiger partial charge in [0, 0.05) is 12.6 Å². The zero-order chi connectivity index (χ0) is 13.1. The lowest BCUT2D eigenvalue weighted by atomic mass is 9.63. The molecule has 2 nitrogen and oxygen atoms in total. The Morgan fingerprint density at radius 1 is 1.16 bits per heavy atom. The van der Waals surface area contributed by atoms with Crippen LogP contribution in [0, 0.1) is 16.7 Å². The lowest BCUT2D eigenvalue weighted by Gasteiger charge is -2.49. The second-order valence-electron chi connectivity index (χ2n) is 6.09. The van der Waals surface area contributed by atoms with E-state index in [2.05, 4.69) is 41.3 Å². The van der Waals surface area contributed by atoms with Gasteiger partial charge in [-0.05, 0) is 37.8 Å². The molecule has 0 spiro atoms. The second kappa shape index (κ2) is 5.35. The second-order valence-corrected chi connectivity index (χ2v) is 6.09. The van der Waals surface area contributed by atoms with E-state index >= 15 is 0 Å². The van der Waals surface area contributed by atoms with Crippen molar-refractivity contribution in [1.29, 1.82) is 5.26 Å². The fraction of sp³-hybridized carbons (Fsp3) is 0.588. The monoisotopic (exact) mass is 254 g/mol. The van der Waals surface area contributed by atoms with Crippen LogP contribution in [0.4, 0.5) is 0 Å². The van der Waals surface area contributed by atoms with Crippen molar-refractivity contribution >= 4 is 0 Å². The average Bonchev–Trinajstić information content (AvgIpc) is 2.41. The maximum absolute atomic E-state index is 9.60. The number of nitrogens with zero attached hydrogens (tertiary/aromatic N) is 2. The number of hydrogen-bond acceptors (Lipinski definition) is 2. The predicted octanol–water partition coefficient (Wildman–Crippen LogP) is 3.73. The number of likely N-dealkylation sites (tertiary alicyclic amines) is 1. The van der Waals surface area contributed by atoms with Gasteiger partial charge in [-0.25, -0.2) is 0 Å². The van der Waals surface area contributed by atoms with E-state index in [1.54, 1.807) is 0 Å². The van der Waals surface area contributed by atoms with Crippen LogP contribution in [0.1, 0.15) is 44.1 Å². The Bertz CT molecular complexity index is 456. The smallest absolute Gasteiger partial charge is 0.0729 e. The number of piperidine rings is 1. The molecule has 0 N–H and O–H groups in total. The van der Waals surface area contributed by atoms with E-state index in [0.29, 0.717) is 6.04 Å². The molecule has 100 valence electrons. The van der Waals surface area contributed by atoms with Crippen LogP contribution in [0.2, 0.25) is 0 Å². The minimum Gasteiger partial charge on any atom is -0.295 e. The Hall–Kier alpha value is -1.33. The molecule has 1 atom stereocenters. The molecule has 1 aromatic rings. The summed E-state index contributed by atoms with van der Waals surface area (Å²) in [6.07, 6.45) is 7.24. The van der Waals surface area contributed by atoms with Crippen LogP contribution >= 0.6 is 0 Å². The molecule has 0 bridgehead atoms.